The molecule has 4 N–H and O–H groups in total. The van der Waals surface area contributed by atoms with Crippen molar-refractivity contribution in [2.45, 2.75) is 33.2 Å². The lowest BCUT2D eigenvalue weighted by atomic mass is 9.98. The highest BCUT2D eigenvalue weighted by Crippen LogP contribution is 2.40. The van der Waals surface area contributed by atoms with E-state index in [9.17, 15) is 4.79 Å². The maximum Gasteiger partial charge on any atom is 0.260 e. The summed E-state index contributed by atoms with van der Waals surface area (Å²) in [5.74, 6) is 0.678. The normalized spacial score (nSPS) is 17.0. The molecular weight excluding hydrogens is 404 g/mol. The highest BCUT2D eigenvalue weighted by Gasteiger charge is 2.25. The molecule has 4 rings (SSSR count). The van der Waals surface area contributed by atoms with E-state index in [0.717, 1.165) is 53.4 Å². The lowest BCUT2D eigenvalue weighted by Gasteiger charge is -2.35. The average Bonchev–Trinajstić information content (AvgIpc) is 3.28. The van der Waals surface area contributed by atoms with Crippen molar-refractivity contribution in [3.63, 3.8) is 0 Å². The predicted molar refractivity (Wildman–Crippen MR) is 116 cm³/mol. The zero-order chi connectivity index (χ0) is 21.3. The highest BCUT2D eigenvalue weighted by molar-refractivity contribution is 7.21. The number of nitrogens with two attached hydrogens (primary N) is 2. The van der Waals surface area contributed by atoms with Gasteiger partial charge in [-0.25, -0.2) is 9.67 Å². The molecule has 1 aliphatic heterocycles. The van der Waals surface area contributed by atoms with Crippen LogP contribution < -0.4 is 16.4 Å². The van der Waals surface area contributed by atoms with Crippen LogP contribution in [0, 0.1) is 19.8 Å². The second-order valence-electron chi connectivity index (χ2n) is 7.65. The number of piperidine rings is 1. The molecule has 1 aliphatic rings. The molecule has 0 bridgehead atoms. The number of primary amides is 1. The van der Waals surface area contributed by atoms with Gasteiger partial charge in [0.1, 0.15) is 15.5 Å². The molecule has 1 atom stereocenters. The van der Waals surface area contributed by atoms with Gasteiger partial charge in [0.05, 0.1) is 36.5 Å². The summed E-state index contributed by atoms with van der Waals surface area (Å²) < 4.78 is 7.65. The fourth-order valence-electron chi connectivity index (χ4n) is 3.93. The molecule has 1 fully saturated rings. The monoisotopic (exact) mass is 430 g/mol. The number of aryl methyl sites for hydroxylation is 2. The summed E-state index contributed by atoms with van der Waals surface area (Å²) in [4.78, 5) is 19.8. The molecule has 0 spiro atoms. The molecule has 30 heavy (non-hydrogen) atoms. The minimum absolute atomic E-state index is 0.374. The third kappa shape index (κ3) is 4.08. The quantitative estimate of drug-likeness (QED) is 0.538. The third-order valence-electron chi connectivity index (χ3n) is 5.40. The first-order valence-electron chi connectivity index (χ1n) is 9.99. The number of anilines is 2. The van der Waals surface area contributed by atoms with Gasteiger partial charge in [-0.2, -0.15) is 0 Å². The van der Waals surface area contributed by atoms with E-state index >= 15 is 0 Å². The Bertz CT molecular complexity index is 1060. The van der Waals surface area contributed by atoms with Crippen LogP contribution in [-0.2, 0) is 11.3 Å². The molecule has 3 aromatic rings. The van der Waals surface area contributed by atoms with Crippen molar-refractivity contribution in [1.82, 2.24) is 25.2 Å². The van der Waals surface area contributed by atoms with Crippen LogP contribution >= 0.6 is 11.3 Å². The number of rotatable bonds is 7. The van der Waals surface area contributed by atoms with E-state index in [1.807, 2.05) is 19.9 Å². The van der Waals surface area contributed by atoms with Gasteiger partial charge >= 0.3 is 0 Å². The van der Waals surface area contributed by atoms with Crippen molar-refractivity contribution >= 4 is 38.8 Å². The zero-order valence-electron chi connectivity index (χ0n) is 17.2. The Kier molecular flexibility index (Phi) is 5.82. The van der Waals surface area contributed by atoms with Gasteiger partial charge in [-0.15, -0.1) is 16.4 Å². The molecule has 0 radical (unpaired) electrons. The predicted octanol–water partition coefficient (Wildman–Crippen LogP) is 1.51. The smallest absolute Gasteiger partial charge is 0.260 e. The number of fused-ring (bicyclic) bond motifs is 1. The van der Waals surface area contributed by atoms with Crippen LogP contribution in [0.15, 0.2) is 6.07 Å². The largest absolute Gasteiger partial charge is 0.397 e. The number of ether oxygens (including phenoxy) is 1. The van der Waals surface area contributed by atoms with E-state index in [2.05, 4.69) is 25.4 Å². The molecule has 0 saturated carbocycles. The molecule has 0 unspecified atom stereocenters. The second-order valence-corrected chi connectivity index (χ2v) is 8.65. The molecule has 1 amide bonds. The van der Waals surface area contributed by atoms with E-state index in [1.165, 1.54) is 11.3 Å². The summed E-state index contributed by atoms with van der Waals surface area (Å²) in [6.07, 6.45) is 2.18. The summed E-state index contributed by atoms with van der Waals surface area (Å²) in [5, 5.41) is 12.3. The minimum atomic E-state index is -0.512. The number of pyridine rings is 1. The topological polar surface area (TPSA) is 138 Å². The van der Waals surface area contributed by atoms with Crippen molar-refractivity contribution in [2.24, 2.45) is 11.7 Å². The van der Waals surface area contributed by atoms with Crippen molar-refractivity contribution in [2.75, 3.05) is 36.9 Å². The van der Waals surface area contributed by atoms with Crippen molar-refractivity contribution < 1.29 is 9.53 Å². The summed E-state index contributed by atoms with van der Waals surface area (Å²) >= 11 is 1.26. The number of hydrogen-bond donors (Lipinski definition) is 2. The highest BCUT2D eigenvalue weighted by atomic mass is 32.1. The van der Waals surface area contributed by atoms with E-state index in [-0.39, 0.29) is 0 Å². The van der Waals surface area contributed by atoms with Gasteiger partial charge < -0.3 is 21.1 Å². The van der Waals surface area contributed by atoms with Crippen molar-refractivity contribution in [3.8, 4) is 0 Å². The number of hydrogen-bond acceptors (Lipinski definition) is 9. The number of tetrazole rings is 1. The molecule has 11 heteroatoms. The maximum absolute atomic E-state index is 11.7. The van der Waals surface area contributed by atoms with Crippen LogP contribution in [0.25, 0.3) is 10.2 Å². The van der Waals surface area contributed by atoms with E-state index in [0.29, 0.717) is 36.2 Å². The van der Waals surface area contributed by atoms with Crippen LogP contribution in [-0.4, -0.2) is 57.4 Å². The molecule has 10 nitrogen and oxygen atoms in total. The number of nitrogen functional groups attached to an aromatic ring is 1. The van der Waals surface area contributed by atoms with Crippen molar-refractivity contribution in [1.29, 1.82) is 0 Å². The summed E-state index contributed by atoms with van der Waals surface area (Å²) in [6, 6.07) is 2.04. The standard InChI is InChI=1S/C19H26N8O2S/c1-11-8-14(15-16(20)17(18(21)28)30-19(15)22-11)26-5-3-4-13(9-26)10-29-7-6-27-12(2)23-24-25-27/h8,13H,3-7,9-10,20H2,1-2H3,(H2,21,28)/t13-/m0/s1. The van der Waals surface area contributed by atoms with Gasteiger partial charge in [0.2, 0.25) is 0 Å². The molecule has 0 aliphatic carbocycles. The molecular formula is C19H26N8O2S. The number of nitrogens with zero attached hydrogens (tertiary/aromatic N) is 6. The zero-order valence-corrected chi connectivity index (χ0v) is 18.0. The van der Waals surface area contributed by atoms with Crippen LogP contribution in [0.3, 0.4) is 0 Å². The Balaban J connectivity index is 1.46. The van der Waals surface area contributed by atoms with Gasteiger partial charge in [-0.1, -0.05) is 0 Å². The first-order valence-corrected chi connectivity index (χ1v) is 10.8. The summed E-state index contributed by atoms with van der Waals surface area (Å²) in [6.45, 7) is 7.51. The van der Waals surface area contributed by atoms with E-state index in [4.69, 9.17) is 16.2 Å². The maximum atomic E-state index is 11.7. The van der Waals surface area contributed by atoms with Crippen LogP contribution in [0.1, 0.15) is 34.0 Å². The molecule has 1 saturated heterocycles. The third-order valence-corrected chi connectivity index (χ3v) is 6.52. The molecule has 4 heterocycles. The molecule has 160 valence electrons. The summed E-state index contributed by atoms with van der Waals surface area (Å²) in [5.41, 5.74) is 14.1. The van der Waals surface area contributed by atoms with Crippen LogP contribution in [0.4, 0.5) is 11.4 Å². The second kappa shape index (κ2) is 8.52. The lowest BCUT2D eigenvalue weighted by molar-refractivity contribution is 0.0852. The van der Waals surface area contributed by atoms with Gasteiger partial charge in [0, 0.05) is 18.8 Å². The SMILES string of the molecule is Cc1cc(N2CCC[C@H](COCCn3nnnc3C)C2)c2c(N)c(C(N)=O)sc2n1. The first kappa shape index (κ1) is 20.5. The number of thiophene rings is 1. The van der Waals surface area contributed by atoms with Crippen LogP contribution in [0.5, 0.6) is 0 Å². The number of carbonyl (C=O) groups is 1. The Morgan fingerprint density at radius 1 is 1.40 bits per heavy atom. The van der Waals surface area contributed by atoms with Crippen molar-refractivity contribution in [3.05, 3.63) is 22.5 Å². The Labute approximate surface area is 178 Å². The van der Waals surface area contributed by atoms with Crippen LogP contribution in [0.2, 0.25) is 0 Å². The summed E-state index contributed by atoms with van der Waals surface area (Å²) in [7, 11) is 0. The Morgan fingerprint density at radius 2 is 2.23 bits per heavy atom. The van der Waals surface area contributed by atoms with Gasteiger partial charge in [-0.3, -0.25) is 4.79 Å². The lowest BCUT2D eigenvalue weighted by Crippen LogP contribution is -2.37. The fourth-order valence-corrected chi connectivity index (χ4v) is 4.94. The van der Waals surface area contributed by atoms with E-state index in [1.54, 1.807) is 4.68 Å². The first-order chi connectivity index (χ1) is 14.4. The van der Waals surface area contributed by atoms with E-state index < -0.39 is 5.91 Å². The number of carbonyl (C=O) groups excluding carboxylic acids is 1. The molecule has 0 aromatic carbocycles. The fraction of sp³-hybridized carbons (Fsp3) is 0.526. The average molecular weight is 431 g/mol. The minimum Gasteiger partial charge on any atom is -0.397 e. The van der Waals surface area contributed by atoms with Gasteiger partial charge in [0.25, 0.3) is 5.91 Å². The van der Waals surface area contributed by atoms with Gasteiger partial charge in [0.15, 0.2) is 0 Å². The molecule has 3 aromatic heterocycles. The van der Waals surface area contributed by atoms with Gasteiger partial charge in [-0.05, 0) is 49.1 Å². The number of aromatic nitrogens is 5. The Morgan fingerprint density at radius 3 is 2.97 bits per heavy atom. The Hall–Kier alpha value is -2.79. The number of amides is 1.